The summed E-state index contributed by atoms with van der Waals surface area (Å²) in [7, 11) is 1.60. The molecule has 5 heteroatoms. The van der Waals surface area contributed by atoms with Crippen LogP contribution in [0.2, 0.25) is 0 Å². The highest BCUT2D eigenvalue weighted by Crippen LogP contribution is 2.16. The highest BCUT2D eigenvalue weighted by atomic mass is 16.5. The summed E-state index contributed by atoms with van der Waals surface area (Å²) >= 11 is 0. The Hall–Kier alpha value is -0.650. The third kappa shape index (κ3) is 6.00. The van der Waals surface area contributed by atoms with Gasteiger partial charge in [0.15, 0.2) is 0 Å². The van der Waals surface area contributed by atoms with Crippen LogP contribution in [-0.4, -0.2) is 61.9 Å². The van der Waals surface area contributed by atoms with E-state index in [0.29, 0.717) is 19.1 Å². The van der Waals surface area contributed by atoms with Gasteiger partial charge in [-0.15, -0.1) is 0 Å². The van der Waals surface area contributed by atoms with E-state index in [1.165, 1.54) is 0 Å². The van der Waals surface area contributed by atoms with Crippen LogP contribution in [-0.2, 0) is 9.53 Å². The molecule has 1 atom stereocenters. The van der Waals surface area contributed by atoms with Crippen molar-refractivity contribution in [1.29, 1.82) is 0 Å². The summed E-state index contributed by atoms with van der Waals surface area (Å²) in [4.78, 5) is 13.1. The first-order chi connectivity index (χ1) is 8.11. The van der Waals surface area contributed by atoms with E-state index in [9.17, 15) is 9.90 Å². The number of aliphatic hydroxyl groups is 1. The minimum atomic E-state index is -0.396. The second kappa shape index (κ2) is 7.63. The third-order valence-corrected chi connectivity index (χ3v) is 3.17. The zero-order valence-corrected chi connectivity index (χ0v) is 10.8. The molecule has 0 radical (unpaired) electrons. The van der Waals surface area contributed by atoms with Crippen molar-refractivity contribution in [2.24, 2.45) is 5.92 Å². The molecule has 5 nitrogen and oxygen atoms in total. The largest absolute Gasteiger partial charge is 0.389 e. The van der Waals surface area contributed by atoms with Gasteiger partial charge in [-0.3, -0.25) is 4.79 Å². The Balaban J connectivity index is 2.14. The second-order valence-corrected chi connectivity index (χ2v) is 4.79. The van der Waals surface area contributed by atoms with Crippen molar-refractivity contribution >= 4 is 5.91 Å². The maximum Gasteiger partial charge on any atom is 0.216 e. The number of amides is 1. The first-order valence-electron chi connectivity index (χ1n) is 6.25. The van der Waals surface area contributed by atoms with Crippen LogP contribution in [0, 0.1) is 5.92 Å². The number of β-amino-alcohol motifs (C(OH)–C–C–N with tert-alkyl or cyclic N) is 1. The van der Waals surface area contributed by atoms with Gasteiger partial charge in [-0.1, -0.05) is 0 Å². The molecule has 1 unspecified atom stereocenters. The number of hydrogen-bond donors (Lipinski definition) is 2. The molecule has 17 heavy (non-hydrogen) atoms. The van der Waals surface area contributed by atoms with Crippen molar-refractivity contribution in [1.82, 2.24) is 10.2 Å². The number of nitrogens with zero attached hydrogens (tertiary/aromatic N) is 1. The lowest BCUT2D eigenvalue weighted by Gasteiger charge is -2.33. The van der Waals surface area contributed by atoms with E-state index in [2.05, 4.69) is 10.2 Å². The number of ether oxygens (including phenoxy) is 1. The molecule has 1 aliphatic rings. The molecular formula is C12H24N2O3. The predicted octanol–water partition coefficient (Wildman–Crippen LogP) is -0.158. The summed E-state index contributed by atoms with van der Waals surface area (Å²) in [5, 5.41) is 12.5. The van der Waals surface area contributed by atoms with Crippen LogP contribution >= 0.6 is 0 Å². The van der Waals surface area contributed by atoms with Crippen molar-refractivity contribution in [2.75, 3.05) is 39.9 Å². The van der Waals surface area contributed by atoms with Gasteiger partial charge in [0, 0.05) is 27.1 Å². The fraction of sp³-hybridized carbons (Fsp3) is 0.917. The average Bonchev–Trinajstić information content (AvgIpc) is 2.28. The van der Waals surface area contributed by atoms with Gasteiger partial charge in [0.25, 0.3) is 0 Å². The smallest absolute Gasteiger partial charge is 0.216 e. The van der Waals surface area contributed by atoms with Crippen LogP contribution in [0.3, 0.4) is 0 Å². The van der Waals surface area contributed by atoms with Crippen LogP contribution in [0.1, 0.15) is 19.8 Å². The van der Waals surface area contributed by atoms with E-state index in [-0.39, 0.29) is 5.91 Å². The number of carbonyl (C=O) groups is 1. The molecule has 0 spiro atoms. The normalized spacial score (nSPS) is 20.2. The molecule has 1 amide bonds. The predicted molar refractivity (Wildman–Crippen MR) is 65.7 cm³/mol. The topological polar surface area (TPSA) is 61.8 Å². The molecule has 0 aromatic heterocycles. The fourth-order valence-electron chi connectivity index (χ4n) is 2.20. The van der Waals surface area contributed by atoms with E-state index in [4.69, 9.17) is 4.74 Å². The molecule has 100 valence electrons. The lowest BCUT2D eigenvalue weighted by Crippen LogP contribution is -2.42. The van der Waals surface area contributed by atoms with Gasteiger partial charge in [-0.25, -0.2) is 0 Å². The Kier molecular flexibility index (Phi) is 6.47. The summed E-state index contributed by atoms with van der Waals surface area (Å²) in [5.41, 5.74) is 0. The number of carbonyl (C=O) groups excluding carboxylic acids is 1. The lowest BCUT2D eigenvalue weighted by atomic mass is 9.96. The monoisotopic (exact) mass is 244 g/mol. The molecule has 1 saturated heterocycles. The molecule has 1 aliphatic heterocycles. The molecule has 0 bridgehead atoms. The zero-order chi connectivity index (χ0) is 12.7. The third-order valence-electron chi connectivity index (χ3n) is 3.17. The van der Waals surface area contributed by atoms with E-state index in [1.807, 2.05) is 0 Å². The van der Waals surface area contributed by atoms with Gasteiger partial charge in [0.2, 0.25) is 5.91 Å². The van der Waals surface area contributed by atoms with Crippen molar-refractivity contribution in [3.05, 3.63) is 0 Å². The molecule has 0 saturated carbocycles. The number of piperidine rings is 1. The standard InChI is InChI=1S/C12H24N2O3/c1-10(15)13-7-11-3-5-14(6-4-11)8-12(16)9-17-2/h11-12,16H,3-9H2,1-2H3,(H,13,15). The number of methoxy groups -OCH3 is 1. The molecule has 1 rings (SSSR count). The highest BCUT2D eigenvalue weighted by molar-refractivity contribution is 5.72. The first kappa shape index (κ1) is 14.4. The van der Waals surface area contributed by atoms with E-state index >= 15 is 0 Å². The maximum atomic E-state index is 10.8. The molecule has 2 N–H and O–H groups in total. The Morgan fingerprint density at radius 1 is 1.53 bits per heavy atom. The van der Waals surface area contributed by atoms with Crippen LogP contribution in [0.15, 0.2) is 0 Å². The minimum Gasteiger partial charge on any atom is -0.389 e. The van der Waals surface area contributed by atoms with Gasteiger partial charge >= 0.3 is 0 Å². The zero-order valence-electron chi connectivity index (χ0n) is 10.8. The Bertz CT molecular complexity index is 228. The molecular weight excluding hydrogens is 220 g/mol. The van der Waals surface area contributed by atoms with Crippen molar-refractivity contribution in [3.63, 3.8) is 0 Å². The van der Waals surface area contributed by atoms with Crippen LogP contribution in [0.4, 0.5) is 0 Å². The van der Waals surface area contributed by atoms with Gasteiger partial charge < -0.3 is 20.1 Å². The second-order valence-electron chi connectivity index (χ2n) is 4.79. The number of aliphatic hydroxyl groups excluding tert-OH is 1. The lowest BCUT2D eigenvalue weighted by molar-refractivity contribution is -0.119. The quantitative estimate of drug-likeness (QED) is 0.682. The summed E-state index contributed by atoms with van der Waals surface area (Å²) in [6, 6.07) is 0. The number of nitrogens with one attached hydrogen (secondary N) is 1. The van der Waals surface area contributed by atoms with Gasteiger partial charge in [-0.2, -0.15) is 0 Å². The van der Waals surface area contributed by atoms with Crippen LogP contribution in [0.25, 0.3) is 0 Å². The molecule has 0 aliphatic carbocycles. The Labute approximate surface area is 103 Å². The van der Waals surface area contributed by atoms with Crippen LogP contribution < -0.4 is 5.32 Å². The number of likely N-dealkylation sites (tertiary alicyclic amines) is 1. The van der Waals surface area contributed by atoms with E-state index in [1.54, 1.807) is 14.0 Å². The van der Waals surface area contributed by atoms with Crippen molar-refractivity contribution in [2.45, 2.75) is 25.9 Å². The number of hydrogen-bond acceptors (Lipinski definition) is 4. The summed E-state index contributed by atoms with van der Waals surface area (Å²) in [6.07, 6.45) is 1.77. The van der Waals surface area contributed by atoms with Gasteiger partial charge in [0.05, 0.1) is 12.7 Å². The molecule has 0 aromatic carbocycles. The Morgan fingerprint density at radius 2 is 2.18 bits per heavy atom. The fourth-order valence-corrected chi connectivity index (χ4v) is 2.20. The van der Waals surface area contributed by atoms with Crippen molar-refractivity contribution < 1.29 is 14.6 Å². The SMILES string of the molecule is COCC(O)CN1CCC(CNC(C)=O)CC1. The molecule has 0 aromatic rings. The summed E-state index contributed by atoms with van der Waals surface area (Å²) in [5.74, 6) is 0.623. The maximum absolute atomic E-state index is 10.8. The first-order valence-corrected chi connectivity index (χ1v) is 6.25. The highest BCUT2D eigenvalue weighted by Gasteiger charge is 2.20. The Morgan fingerprint density at radius 3 is 2.71 bits per heavy atom. The summed E-state index contributed by atoms with van der Waals surface area (Å²) in [6.45, 7) is 5.39. The van der Waals surface area contributed by atoms with Crippen LogP contribution in [0.5, 0.6) is 0 Å². The van der Waals surface area contributed by atoms with E-state index in [0.717, 1.165) is 32.5 Å². The van der Waals surface area contributed by atoms with Crippen molar-refractivity contribution in [3.8, 4) is 0 Å². The number of rotatable bonds is 6. The van der Waals surface area contributed by atoms with E-state index < -0.39 is 6.10 Å². The van der Waals surface area contributed by atoms with Gasteiger partial charge in [0.1, 0.15) is 0 Å². The average molecular weight is 244 g/mol. The summed E-state index contributed by atoms with van der Waals surface area (Å²) < 4.78 is 4.91. The minimum absolute atomic E-state index is 0.0444. The molecule has 1 fully saturated rings. The molecule has 1 heterocycles. The van der Waals surface area contributed by atoms with Gasteiger partial charge in [-0.05, 0) is 31.8 Å².